The molecular weight excluding hydrogens is 494 g/mol. The first kappa shape index (κ1) is 27.2. The summed E-state index contributed by atoms with van der Waals surface area (Å²) < 4.78 is 29.4. The van der Waals surface area contributed by atoms with E-state index in [1.807, 2.05) is 19.9 Å². The number of carbonyl (C=O) groups excluding carboxylic acids is 4. The topological polar surface area (TPSA) is 98.8 Å². The second kappa shape index (κ2) is 11.3. The summed E-state index contributed by atoms with van der Waals surface area (Å²) in [7, 11) is 0. The van der Waals surface area contributed by atoms with Crippen molar-refractivity contribution < 1.29 is 28.0 Å². The number of urea groups is 1. The molecule has 2 aromatic rings. The molecule has 2 heterocycles. The van der Waals surface area contributed by atoms with E-state index < -0.39 is 47.9 Å². The minimum atomic E-state index is -1.41. The van der Waals surface area contributed by atoms with Crippen LogP contribution in [-0.4, -0.2) is 65.4 Å². The molecule has 8 nitrogen and oxygen atoms in total. The summed E-state index contributed by atoms with van der Waals surface area (Å²) in [6, 6.07) is 11.3. The van der Waals surface area contributed by atoms with Crippen molar-refractivity contribution in [1.82, 2.24) is 20.4 Å². The molecule has 2 fully saturated rings. The lowest BCUT2D eigenvalue weighted by Crippen LogP contribution is -2.57. The molecule has 38 heavy (non-hydrogen) atoms. The van der Waals surface area contributed by atoms with Crippen LogP contribution < -0.4 is 10.6 Å². The molecule has 4 rings (SSSR count). The van der Waals surface area contributed by atoms with Gasteiger partial charge in [0.1, 0.15) is 24.6 Å². The molecule has 5 amide bonds. The minimum absolute atomic E-state index is 0.0172. The number of alkyl halides is 1. The highest BCUT2D eigenvalue weighted by Gasteiger charge is 2.42. The minimum Gasteiger partial charge on any atom is -0.343 e. The monoisotopic (exact) mass is 526 g/mol. The number of rotatable bonds is 7. The number of likely N-dealkylation sites (tertiary alicyclic amines) is 1. The third-order valence-corrected chi connectivity index (χ3v) is 7.06. The van der Waals surface area contributed by atoms with E-state index in [0.29, 0.717) is 16.7 Å². The predicted molar refractivity (Wildman–Crippen MR) is 136 cm³/mol. The first-order chi connectivity index (χ1) is 18.0. The smallest absolute Gasteiger partial charge is 0.324 e. The zero-order valence-corrected chi connectivity index (χ0v) is 21.6. The van der Waals surface area contributed by atoms with Crippen molar-refractivity contribution in [2.45, 2.75) is 51.4 Å². The van der Waals surface area contributed by atoms with Gasteiger partial charge in [0, 0.05) is 13.0 Å². The van der Waals surface area contributed by atoms with E-state index in [1.165, 1.54) is 11.0 Å². The van der Waals surface area contributed by atoms with E-state index >= 15 is 0 Å². The number of hydrogen-bond acceptors (Lipinski definition) is 4. The molecule has 2 aliphatic rings. The largest absolute Gasteiger partial charge is 0.343 e. The Morgan fingerprint density at radius 2 is 1.79 bits per heavy atom. The van der Waals surface area contributed by atoms with Crippen molar-refractivity contribution >= 4 is 23.8 Å². The molecule has 0 radical (unpaired) electrons. The fraction of sp³-hybridized carbons (Fsp3) is 0.429. The molecule has 2 aliphatic heterocycles. The maximum atomic E-state index is 14.9. The second-order valence-corrected chi connectivity index (χ2v) is 10.3. The average molecular weight is 527 g/mol. The fourth-order valence-electron chi connectivity index (χ4n) is 4.94. The molecule has 4 atom stereocenters. The van der Waals surface area contributed by atoms with Crippen molar-refractivity contribution in [3.63, 3.8) is 0 Å². The summed E-state index contributed by atoms with van der Waals surface area (Å²) in [5.41, 5.74) is 1.77. The molecular formula is C28H32F2N4O4. The molecule has 0 bridgehead atoms. The quantitative estimate of drug-likeness (QED) is 0.579. The number of nitrogens with zero attached hydrogens (tertiary/aromatic N) is 2. The van der Waals surface area contributed by atoms with E-state index in [2.05, 4.69) is 10.6 Å². The van der Waals surface area contributed by atoms with E-state index in [4.69, 9.17) is 0 Å². The Kier molecular flexibility index (Phi) is 8.08. The summed E-state index contributed by atoms with van der Waals surface area (Å²) in [5.74, 6) is -2.50. The number of amides is 5. The third kappa shape index (κ3) is 5.84. The van der Waals surface area contributed by atoms with Gasteiger partial charge in [0.15, 0.2) is 0 Å². The number of carbonyl (C=O) groups is 4. The van der Waals surface area contributed by atoms with Gasteiger partial charge in [-0.15, -0.1) is 0 Å². The Bertz CT molecular complexity index is 1220. The van der Waals surface area contributed by atoms with E-state index in [0.717, 1.165) is 4.90 Å². The zero-order chi connectivity index (χ0) is 27.6. The van der Waals surface area contributed by atoms with Crippen LogP contribution in [0.25, 0.3) is 0 Å². The molecule has 10 heteroatoms. The molecule has 0 saturated carbocycles. The van der Waals surface area contributed by atoms with Gasteiger partial charge in [-0.05, 0) is 28.7 Å². The van der Waals surface area contributed by atoms with Crippen LogP contribution in [0.4, 0.5) is 13.6 Å². The first-order valence-corrected chi connectivity index (χ1v) is 12.7. The second-order valence-electron chi connectivity index (χ2n) is 10.3. The normalized spacial score (nSPS) is 22.4. The number of nitrogens with one attached hydrogen (secondary N) is 2. The SMILES string of the molecule is CC1CN(CC(=O)N2C[C@H](F)C[C@H]2C(=O)N[C@@H](c2ccccc2)c2ccc(C(C)C)c(F)c2)C(=O)NC1=O. The summed E-state index contributed by atoms with van der Waals surface area (Å²) in [6.45, 7) is 4.79. The number of imide groups is 1. The van der Waals surface area contributed by atoms with Crippen LogP contribution in [0, 0.1) is 11.7 Å². The Balaban J connectivity index is 1.54. The maximum absolute atomic E-state index is 14.9. The number of halogens is 2. The summed E-state index contributed by atoms with van der Waals surface area (Å²) in [4.78, 5) is 52.8. The third-order valence-electron chi connectivity index (χ3n) is 7.06. The lowest BCUT2D eigenvalue weighted by molar-refractivity contribution is -0.139. The van der Waals surface area contributed by atoms with Crippen molar-refractivity contribution in [3.05, 3.63) is 71.0 Å². The highest BCUT2D eigenvalue weighted by molar-refractivity contribution is 5.99. The Labute approximate surface area is 220 Å². The van der Waals surface area contributed by atoms with Crippen molar-refractivity contribution in [1.29, 1.82) is 0 Å². The van der Waals surface area contributed by atoms with Crippen molar-refractivity contribution in [2.75, 3.05) is 19.6 Å². The summed E-state index contributed by atoms with van der Waals surface area (Å²) >= 11 is 0. The molecule has 0 aromatic heterocycles. The van der Waals surface area contributed by atoms with Gasteiger partial charge in [0.2, 0.25) is 17.7 Å². The van der Waals surface area contributed by atoms with Crippen LogP contribution in [0.1, 0.15) is 55.8 Å². The standard InChI is InChI=1S/C28H32F2N4O4/c1-16(2)21-10-9-19(11-22(21)30)25(18-7-5-4-6-8-18)31-27(37)23-12-20(29)14-34(23)24(35)15-33-13-17(3)26(36)32-28(33)38/h4-11,16-17,20,23,25H,12-15H2,1-3H3,(H,31,37)(H,32,36,38)/t17?,20-,23+,25+/m1/s1. The van der Waals surface area contributed by atoms with Crippen LogP contribution in [0.3, 0.4) is 0 Å². The van der Waals surface area contributed by atoms with E-state index in [9.17, 15) is 28.0 Å². The van der Waals surface area contributed by atoms with Gasteiger partial charge < -0.3 is 15.1 Å². The summed E-state index contributed by atoms with van der Waals surface area (Å²) in [6.07, 6.45) is -1.61. The van der Waals surface area contributed by atoms with E-state index in [-0.39, 0.29) is 37.8 Å². The highest BCUT2D eigenvalue weighted by atomic mass is 19.1. The Morgan fingerprint density at radius 3 is 2.45 bits per heavy atom. The van der Waals surface area contributed by atoms with Gasteiger partial charge >= 0.3 is 6.03 Å². The Morgan fingerprint density at radius 1 is 1.08 bits per heavy atom. The predicted octanol–water partition coefficient (Wildman–Crippen LogP) is 3.28. The average Bonchev–Trinajstić information content (AvgIpc) is 3.28. The highest BCUT2D eigenvalue weighted by Crippen LogP contribution is 2.28. The molecule has 202 valence electrons. The number of hydrogen-bond donors (Lipinski definition) is 2. The lowest BCUT2D eigenvalue weighted by atomic mass is 9.94. The molecule has 0 spiro atoms. The molecule has 2 aromatic carbocycles. The van der Waals surface area contributed by atoms with Crippen molar-refractivity contribution in [3.8, 4) is 0 Å². The molecule has 2 saturated heterocycles. The van der Waals surface area contributed by atoms with Crippen LogP contribution in [0.5, 0.6) is 0 Å². The van der Waals surface area contributed by atoms with E-state index in [1.54, 1.807) is 43.3 Å². The molecule has 0 aliphatic carbocycles. The van der Waals surface area contributed by atoms with Gasteiger partial charge in [-0.3, -0.25) is 19.7 Å². The van der Waals surface area contributed by atoms with Gasteiger partial charge in [-0.1, -0.05) is 63.2 Å². The van der Waals surface area contributed by atoms with Crippen LogP contribution in [0.15, 0.2) is 48.5 Å². The van der Waals surface area contributed by atoms with Gasteiger partial charge in [0.05, 0.1) is 18.5 Å². The fourth-order valence-corrected chi connectivity index (χ4v) is 4.94. The first-order valence-electron chi connectivity index (χ1n) is 12.7. The van der Waals surface area contributed by atoms with Gasteiger partial charge in [0.25, 0.3) is 0 Å². The lowest BCUT2D eigenvalue weighted by Gasteiger charge is -2.32. The number of benzene rings is 2. The van der Waals surface area contributed by atoms with Gasteiger partial charge in [-0.25, -0.2) is 13.6 Å². The maximum Gasteiger partial charge on any atom is 0.324 e. The van der Waals surface area contributed by atoms with Crippen LogP contribution in [-0.2, 0) is 14.4 Å². The summed E-state index contributed by atoms with van der Waals surface area (Å²) in [5, 5.41) is 5.08. The molecule has 2 N–H and O–H groups in total. The zero-order valence-electron chi connectivity index (χ0n) is 21.6. The van der Waals surface area contributed by atoms with Gasteiger partial charge in [-0.2, -0.15) is 0 Å². The van der Waals surface area contributed by atoms with Crippen molar-refractivity contribution in [2.24, 2.45) is 5.92 Å². The molecule has 1 unspecified atom stereocenters. The Hall–Kier alpha value is -3.82. The van der Waals surface area contributed by atoms with Crippen LogP contribution in [0.2, 0.25) is 0 Å². The van der Waals surface area contributed by atoms with Crippen LogP contribution >= 0.6 is 0 Å².